The number of benzene rings is 3. The number of ether oxygens (including phenoxy) is 4. The van der Waals surface area contributed by atoms with Crippen LogP contribution in [0.2, 0.25) is 0 Å². The van der Waals surface area contributed by atoms with Crippen molar-refractivity contribution < 1.29 is 23.7 Å². The molecule has 16 heteroatoms. The molecule has 0 saturated carbocycles. The minimum atomic E-state index is -0.390. The van der Waals surface area contributed by atoms with Gasteiger partial charge in [0, 0.05) is 49.5 Å². The number of carbonyl (C=O) groups excluding carboxylic acids is 1. The second-order valence-corrected chi connectivity index (χ2v) is 13.8. The molecule has 8 aromatic rings. The summed E-state index contributed by atoms with van der Waals surface area (Å²) in [7, 11) is 6.62. The third kappa shape index (κ3) is 8.05. The number of amides is 1. The normalized spacial score (nSPS) is 11.2. The van der Waals surface area contributed by atoms with E-state index in [4.69, 9.17) is 39.2 Å². The second-order valence-electron chi connectivity index (χ2n) is 13.8. The number of pyridine rings is 1. The standard InChI is InChI=1S/C43H43N11O5/c1-28-40(59-26-30-9-7-6-8-10-30)39(54(50-28)20-19-52-18-17-44-27-52)42-49-48-41(53(42)25-29-11-14-32(56-3)15-12-29)38-34-24-46-51(2)36(34)22-35(47-38)43(55)45-23-31-13-16-33(57-4)21-37(31)58-5/h6-18,21-22,24,27H,19-20,23,25-26H2,1-5H3,(H,45,55). The highest BCUT2D eigenvalue weighted by molar-refractivity contribution is 5.99. The van der Waals surface area contributed by atoms with E-state index in [2.05, 4.69) is 15.4 Å². The molecule has 300 valence electrons. The lowest BCUT2D eigenvalue weighted by Crippen LogP contribution is -2.24. The molecule has 1 amide bonds. The summed E-state index contributed by atoms with van der Waals surface area (Å²) in [4.78, 5) is 23.2. The molecule has 1 N–H and O–H groups in total. The number of hydrogen-bond donors (Lipinski definition) is 1. The van der Waals surface area contributed by atoms with Crippen molar-refractivity contribution in [3.63, 3.8) is 0 Å². The van der Waals surface area contributed by atoms with Crippen molar-refractivity contribution in [2.45, 2.75) is 39.7 Å². The summed E-state index contributed by atoms with van der Waals surface area (Å²) in [5.41, 5.74) is 5.38. The van der Waals surface area contributed by atoms with E-state index in [-0.39, 0.29) is 12.2 Å². The predicted molar refractivity (Wildman–Crippen MR) is 219 cm³/mol. The monoisotopic (exact) mass is 793 g/mol. The zero-order chi connectivity index (χ0) is 40.9. The van der Waals surface area contributed by atoms with Gasteiger partial charge in [-0.05, 0) is 48.4 Å². The van der Waals surface area contributed by atoms with Gasteiger partial charge in [0.05, 0.1) is 52.5 Å². The van der Waals surface area contributed by atoms with Gasteiger partial charge in [-0.25, -0.2) is 9.97 Å². The van der Waals surface area contributed by atoms with E-state index in [1.165, 1.54) is 0 Å². The summed E-state index contributed by atoms with van der Waals surface area (Å²) in [6, 6.07) is 24.9. The molecule has 0 aliphatic carbocycles. The number of aryl methyl sites for hydroxylation is 4. The molecule has 0 aliphatic heterocycles. The smallest absolute Gasteiger partial charge is 0.270 e. The molecule has 0 atom stereocenters. The third-order valence-corrected chi connectivity index (χ3v) is 10.0. The molecule has 0 aliphatic rings. The van der Waals surface area contributed by atoms with E-state index in [1.807, 2.05) is 101 Å². The first-order chi connectivity index (χ1) is 28.8. The molecule has 0 saturated heterocycles. The highest BCUT2D eigenvalue weighted by Crippen LogP contribution is 2.37. The fraction of sp³-hybridized carbons (Fsp3) is 0.233. The van der Waals surface area contributed by atoms with Gasteiger partial charge >= 0.3 is 0 Å². The average Bonchev–Trinajstić information content (AvgIpc) is 4.08. The van der Waals surface area contributed by atoms with Gasteiger partial charge in [0.15, 0.2) is 17.4 Å². The summed E-state index contributed by atoms with van der Waals surface area (Å²) in [5.74, 6) is 3.09. The van der Waals surface area contributed by atoms with Crippen molar-refractivity contribution in [2.24, 2.45) is 7.05 Å². The molecular formula is C43H43N11O5. The number of nitrogens with zero attached hydrogens (tertiary/aromatic N) is 10. The lowest BCUT2D eigenvalue weighted by atomic mass is 10.1. The molecule has 5 heterocycles. The van der Waals surface area contributed by atoms with Crippen LogP contribution in [-0.2, 0) is 39.8 Å². The Morgan fingerprint density at radius 2 is 1.63 bits per heavy atom. The van der Waals surface area contributed by atoms with Crippen molar-refractivity contribution in [1.29, 1.82) is 0 Å². The fourth-order valence-corrected chi connectivity index (χ4v) is 6.89. The van der Waals surface area contributed by atoms with Crippen LogP contribution in [0, 0.1) is 6.92 Å². The molecular weight excluding hydrogens is 751 g/mol. The van der Waals surface area contributed by atoms with Crippen molar-refractivity contribution >= 4 is 16.8 Å². The van der Waals surface area contributed by atoms with E-state index < -0.39 is 5.91 Å². The lowest BCUT2D eigenvalue weighted by Gasteiger charge is -2.15. The summed E-state index contributed by atoms with van der Waals surface area (Å²) >= 11 is 0. The fourth-order valence-electron chi connectivity index (χ4n) is 6.89. The van der Waals surface area contributed by atoms with Crippen LogP contribution >= 0.6 is 0 Å². The molecule has 0 radical (unpaired) electrons. The topological polar surface area (TPSA) is 163 Å². The van der Waals surface area contributed by atoms with Crippen molar-refractivity contribution in [2.75, 3.05) is 21.3 Å². The Hall–Kier alpha value is -7.49. The van der Waals surface area contributed by atoms with Gasteiger partial charge in [0.2, 0.25) is 0 Å². The summed E-state index contributed by atoms with van der Waals surface area (Å²) in [6.07, 6.45) is 7.16. The Labute approximate surface area is 340 Å². The third-order valence-electron chi connectivity index (χ3n) is 10.0. The zero-order valence-electron chi connectivity index (χ0n) is 33.4. The SMILES string of the molecule is COc1ccc(Cn2c(-c3nc(C(=O)NCc4ccc(OC)cc4OC)cc4c3cnn4C)nnc2-c2c(OCc3ccccc3)c(C)nn2CCn2ccnc2)cc1. The summed E-state index contributed by atoms with van der Waals surface area (Å²) < 4.78 is 30.6. The minimum absolute atomic E-state index is 0.178. The van der Waals surface area contributed by atoms with Gasteiger partial charge < -0.3 is 28.8 Å². The second kappa shape index (κ2) is 16.9. The highest BCUT2D eigenvalue weighted by Gasteiger charge is 2.28. The van der Waals surface area contributed by atoms with Crippen molar-refractivity contribution in [3.8, 4) is 46.0 Å². The summed E-state index contributed by atoms with van der Waals surface area (Å²) in [5, 5.41) is 22.9. The van der Waals surface area contributed by atoms with E-state index >= 15 is 0 Å². The number of aromatic nitrogens is 10. The molecule has 0 fully saturated rings. The maximum atomic E-state index is 14.0. The molecule has 8 rings (SSSR count). The maximum Gasteiger partial charge on any atom is 0.270 e. The first-order valence-electron chi connectivity index (χ1n) is 18.9. The Bertz CT molecular complexity index is 2700. The van der Waals surface area contributed by atoms with Gasteiger partial charge in [-0.15, -0.1) is 10.2 Å². The van der Waals surface area contributed by atoms with E-state index in [0.29, 0.717) is 83.1 Å². The Kier molecular flexibility index (Phi) is 11.0. The van der Waals surface area contributed by atoms with Gasteiger partial charge in [0.25, 0.3) is 5.91 Å². The first-order valence-corrected chi connectivity index (χ1v) is 18.9. The number of methoxy groups -OCH3 is 3. The number of fused-ring (bicyclic) bond motifs is 1. The largest absolute Gasteiger partial charge is 0.497 e. The van der Waals surface area contributed by atoms with Gasteiger partial charge in [-0.2, -0.15) is 10.2 Å². The summed E-state index contributed by atoms with van der Waals surface area (Å²) in [6.45, 7) is 3.86. The Morgan fingerprint density at radius 3 is 2.37 bits per heavy atom. The molecule has 0 unspecified atom stereocenters. The zero-order valence-corrected chi connectivity index (χ0v) is 33.4. The molecule has 0 spiro atoms. The van der Waals surface area contributed by atoms with Crippen LogP contribution in [0.3, 0.4) is 0 Å². The molecule has 3 aromatic carbocycles. The molecule has 16 nitrogen and oxygen atoms in total. The van der Waals surface area contributed by atoms with Crippen LogP contribution in [0.15, 0.2) is 104 Å². The molecule has 59 heavy (non-hydrogen) atoms. The number of hydrogen-bond acceptors (Lipinski definition) is 11. The number of imidazole rings is 1. The van der Waals surface area contributed by atoms with Gasteiger partial charge in [-0.3, -0.25) is 18.7 Å². The Morgan fingerprint density at radius 1 is 0.847 bits per heavy atom. The van der Waals surface area contributed by atoms with E-state index in [1.54, 1.807) is 56.9 Å². The van der Waals surface area contributed by atoms with Crippen LogP contribution in [0.1, 0.15) is 32.9 Å². The quantitative estimate of drug-likeness (QED) is 0.124. The first kappa shape index (κ1) is 38.4. The van der Waals surface area contributed by atoms with Gasteiger partial charge in [-0.1, -0.05) is 42.5 Å². The molecule has 0 bridgehead atoms. The maximum absolute atomic E-state index is 14.0. The number of carbonyl (C=O) groups is 1. The van der Waals surface area contributed by atoms with Crippen molar-refractivity contribution in [1.82, 2.24) is 54.2 Å². The highest BCUT2D eigenvalue weighted by atomic mass is 16.5. The van der Waals surface area contributed by atoms with E-state index in [0.717, 1.165) is 22.4 Å². The van der Waals surface area contributed by atoms with Gasteiger partial charge in [0.1, 0.15) is 46.6 Å². The lowest BCUT2D eigenvalue weighted by molar-refractivity contribution is 0.0946. The van der Waals surface area contributed by atoms with Crippen LogP contribution < -0.4 is 24.3 Å². The predicted octanol–water partition coefficient (Wildman–Crippen LogP) is 5.88. The number of nitrogens with one attached hydrogen (secondary N) is 1. The van der Waals surface area contributed by atoms with Crippen LogP contribution in [-0.4, -0.2) is 76.1 Å². The van der Waals surface area contributed by atoms with Crippen LogP contribution in [0.4, 0.5) is 0 Å². The Balaban J connectivity index is 1.25. The number of rotatable bonds is 16. The van der Waals surface area contributed by atoms with Crippen molar-refractivity contribution in [3.05, 3.63) is 132 Å². The van der Waals surface area contributed by atoms with E-state index in [9.17, 15) is 4.79 Å². The van der Waals surface area contributed by atoms with Crippen LogP contribution in [0.5, 0.6) is 23.0 Å². The minimum Gasteiger partial charge on any atom is -0.497 e. The van der Waals surface area contributed by atoms with Crippen LogP contribution in [0.25, 0.3) is 33.9 Å². The molecule has 5 aromatic heterocycles. The average molecular weight is 794 g/mol.